The SMILES string of the molecule is CCCCCCCCCCOc1c(N)cccc1C(N)=O. The van der Waals surface area contributed by atoms with E-state index in [1.807, 2.05) is 0 Å². The van der Waals surface area contributed by atoms with Gasteiger partial charge in [-0.15, -0.1) is 0 Å². The Hall–Kier alpha value is -1.71. The van der Waals surface area contributed by atoms with Crippen LogP contribution in [-0.2, 0) is 0 Å². The van der Waals surface area contributed by atoms with Crippen molar-refractivity contribution in [3.8, 4) is 5.75 Å². The molecule has 1 amide bonds. The Morgan fingerprint density at radius 2 is 1.67 bits per heavy atom. The third kappa shape index (κ3) is 6.52. The van der Waals surface area contributed by atoms with E-state index < -0.39 is 5.91 Å². The van der Waals surface area contributed by atoms with Gasteiger partial charge in [-0.1, -0.05) is 57.9 Å². The summed E-state index contributed by atoms with van der Waals surface area (Å²) in [7, 11) is 0. The number of unbranched alkanes of at least 4 members (excludes halogenated alkanes) is 7. The van der Waals surface area contributed by atoms with E-state index in [-0.39, 0.29) is 0 Å². The average molecular weight is 292 g/mol. The number of amides is 1. The topological polar surface area (TPSA) is 78.3 Å². The minimum Gasteiger partial charge on any atom is -0.491 e. The van der Waals surface area contributed by atoms with Crippen LogP contribution in [-0.4, -0.2) is 12.5 Å². The molecular formula is C17H28N2O2. The Morgan fingerprint density at radius 3 is 2.29 bits per heavy atom. The Kier molecular flexibility index (Phi) is 8.32. The summed E-state index contributed by atoms with van der Waals surface area (Å²) in [4.78, 5) is 11.3. The van der Waals surface area contributed by atoms with Crippen LogP contribution < -0.4 is 16.2 Å². The van der Waals surface area contributed by atoms with Crippen molar-refractivity contribution in [3.05, 3.63) is 23.8 Å². The van der Waals surface area contributed by atoms with E-state index in [0.29, 0.717) is 23.6 Å². The molecule has 1 aromatic rings. The molecule has 4 nitrogen and oxygen atoms in total. The number of hydrogen-bond donors (Lipinski definition) is 2. The van der Waals surface area contributed by atoms with Gasteiger partial charge in [-0.3, -0.25) is 4.79 Å². The summed E-state index contributed by atoms with van der Waals surface area (Å²) in [5, 5.41) is 0. The lowest BCUT2D eigenvalue weighted by Crippen LogP contribution is -2.14. The van der Waals surface area contributed by atoms with Crippen molar-refractivity contribution in [2.24, 2.45) is 5.73 Å². The number of nitrogens with two attached hydrogens (primary N) is 2. The number of para-hydroxylation sites is 1. The molecule has 0 fully saturated rings. The molecule has 21 heavy (non-hydrogen) atoms. The maximum atomic E-state index is 11.3. The summed E-state index contributed by atoms with van der Waals surface area (Å²) in [6, 6.07) is 5.07. The van der Waals surface area contributed by atoms with Gasteiger partial charge in [-0.2, -0.15) is 0 Å². The van der Waals surface area contributed by atoms with E-state index >= 15 is 0 Å². The Bertz CT molecular complexity index is 433. The Morgan fingerprint density at radius 1 is 1.05 bits per heavy atom. The molecule has 0 saturated carbocycles. The molecule has 4 heteroatoms. The second kappa shape index (κ2) is 10.1. The first-order chi connectivity index (χ1) is 10.2. The summed E-state index contributed by atoms with van der Waals surface area (Å²) in [6.07, 6.45) is 9.94. The van der Waals surface area contributed by atoms with Crippen molar-refractivity contribution in [1.29, 1.82) is 0 Å². The zero-order chi connectivity index (χ0) is 15.5. The second-order valence-corrected chi connectivity index (χ2v) is 5.41. The van der Waals surface area contributed by atoms with Crippen LogP contribution in [0, 0.1) is 0 Å². The Balaban J connectivity index is 2.23. The standard InChI is InChI=1S/C17H28N2O2/c1-2-3-4-5-6-7-8-9-13-21-16-14(17(19)20)11-10-12-15(16)18/h10-12H,2-9,13,18H2,1H3,(H2,19,20). The lowest BCUT2D eigenvalue weighted by atomic mass is 10.1. The first-order valence-corrected chi connectivity index (χ1v) is 7.98. The first kappa shape index (κ1) is 17.3. The smallest absolute Gasteiger partial charge is 0.252 e. The highest BCUT2D eigenvalue weighted by Gasteiger charge is 2.11. The third-order valence-electron chi connectivity index (χ3n) is 3.56. The largest absolute Gasteiger partial charge is 0.491 e. The fourth-order valence-electron chi connectivity index (χ4n) is 2.32. The van der Waals surface area contributed by atoms with Gasteiger partial charge in [0, 0.05) is 0 Å². The van der Waals surface area contributed by atoms with Gasteiger partial charge in [0.15, 0.2) is 5.75 Å². The fraction of sp³-hybridized carbons (Fsp3) is 0.588. The van der Waals surface area contributed by atoms with Gasteiger partial charge < -0.3 is 16.2 Å². The molecular weight excluding hydrogens is 264 g/mol. The van der Waals surface area contributed by atoms with E-state index in [2.05, 4.69) is 6.92 Å². The summed E-state index contributed by atoms with van der Waals surface area (Å²) < 4.78 is 5.65. The van der Waals surface area contributed by atoms with Crippen LogP contribution in [0.1, 0.15) is 68.6 Å². The van der Waals surface area contributed by atoms with E-state index in [0.717, 1.165) is 12.8 Å². The fourth-order valence-corrected chi connectivity index (χ4v) is 2.32. The maximum absolute atomic E-state index is 11.3. The van der Waals surface area contributed by atoms with Gasteiger partial charge in [0.25, 0.3) is 5.91 Å². The molecule has 1 rings (SSSR count). The summed E-state index contributed by atoms with van der Waals surface area (Å²) in [5.41, 5.74) is 12.0. The molecule has 0 spiro atoms. The highest BCUT2D eigenvalue weighted by molar-refractivity contribution is 5.97. The van der Waals surface area contributed by atoms with Crippen LogP contribution in [0.3, 0.4) is 0 Å². The lowest BCUT2D eigenvalue weighted by Gasteiger charge is -2.11. The summed E-state index contributed by atoms with van der Waals surface area (Å²) in [6.45, 7) is 2.80. The molecule has 0 aromatic heterocycles. The molecule has 0 aliphatic heterocycles. The third-order valence-corrected chi connectivity index (χ3v) is 3.56. The zero-order valence-electron chi connectivity index (χ0n) is 13.1. The number of benzene rings is 1. The van der Waals surface area contributed by atoms with Crippen molar-refractivity contribution >= 4 is 11.6 Å². The number of nitrogen functional groups attached to an aromatic ring is 1. The predicted octanol–water partition coefficient (Wildman–Crippen LogP) is 3.89. The molecule has 0 bridgehead atoms. The summed E-state index contributed by atoms with van der Waals surface area (Å²) in [5.74, 6) is -0.0823. The molecule has 1 aromatic carbocycles. The van der Waals surface area contributed by atoms with E-state index in [4.69, 9.17) is 16.2 Å². The normalized spacial score (nSPS) is 10.5. The highest BCUT2D eigenvalue weighted by Crippen LogP contribution is 2.26. The number of ether oxygens (including phenoxy) is 1. The number of hydrogen-bond acceptors (Lipinski definition) is 3. The zero-order valence-corrected chi connectivity index (χ0v) is 13.1. The number of anilines is 1. The van der Waals surface area contributed by atoms with Gasteiger partial charge in [0.05, 0.1) is 17.9 Å². The van der Waals surface area contributed by atoms with E-state index in [1.165, 1.54) is 38.5 Å². The van der Waals surface area contributed by atoms with Gasteiger partial charge in [-0.05, 0) is 18.6 Å². The molecule has 118 valence electrons. The minimum absolute atomic E-state index is 0.356. The molecule has 0 aliphatic carbocycles. The molecule has 0 radical (unpaired) electrons. The molecule has 0 saturated heterocycles. The molecule has 0 heterocycles. The molecule has 4 N–H and O–H groups in total. The lowest BCUT2D eigenvalue weighted by molar-refractivity contribution is 0.0996. The summed E-state index contributed by atoms with van der Waals surface area (Å²) >= 11 is 0. The number of rotatable bonds is 11. The van der Waals surface area contributed by atoms with Crippen molar-refractivity contribution in [2.75, 3.05) is 12.3 Å². The number of carbonyl (C=O) groups excluding carboxylic acids is 1. The van der Waals surface area contributed by atoms with Gasteiger partial charge in [0.2, 0.25) is 0 Å². The van der Waals surface area contributed by atoms with Crippen molar-refractivity contribution in [1.82, 2.24) is 0 Å². The quantitative estimate of drug-likeness (QED) is 0.480. The molecule has 0 unspecified atom stereocenters. The van der Waals surface area contributed by atoms with Gasteiger partial charge >= 0.3 is 0 Å². The van der Waals surface area contributed by atoms with Crippen molar-refractivity contribution in [2.45, 2.75) is 58.3 Å². The van der Waals surface area contributed by atoms with Crippen LogP contribution in [0.5, 0.6) is 5.75 Å². The second-order valence-electron chi connectivity index (χ2n) is 5.41. The maximum Gasteiger partial charge on any atom is 0.252 e. The molecule has 0 atom stereocenters. The van der Waals surface area contributed by atoms with Gasteiger partial charge in [-0.25, -0.2) is 0 Å². The van der Waals surface area contributed by atoms with Gasteiger partial charge in [0.1, 0.15) is 0 Å². The monoisotopic (exact) mass is 292 g/mol. The minimum atomic E-state index is -0.506. The van der Waals surface area contributed by atoms with Crippen LogP contribution in [0.4, 0.5) is 5.69 Å². The average Bonchev–Trinajstić information content (AvgIpc) is 2.46. The van der Waals surface area contributed by atoms with Crippen molar-refractivity contribution < 1.29 is 9.53 Å². The predicted molar refractivity (Wildman–Crippen MR) is 87.5 cm³/mol. The number of primary amides is 1. The van der Waals surface area contributed by atoms with Crippen molar-refractivity contribution in [3.63, 3.8) is 0 Å². The van der Waals surface area contributed by atoms with E-state index in [9.17, 15) is 4.79 Å². The van der Waals surface area contributed by atoms with Crippen LogP contribution >= 0.6 is 0 Å². The molecule has 0 aliphatic rings. The van der Waals surface area contributed by atoms with Crippen LogP contribution in [0.2, 0.25) is 0 Å². The van der Waals surface area contributed by atoms with Crippen LogP contribution in [0.25, 0.3) is 0 Å². The van der Waals surface area contributed by atoms with Crippen LogP contribution in [0.15, 0.2) is 18.2 Å². The number of carbonyl (C=O) groups is 1. The Labute approximate surface area is 127 Å². The highest BCUT2D eigenvalue weighted by atomic mass is 16.5. The first-order valence-electron chi connectivity index (χ1n) is 7.98. The van der Waals surface area contributed by atoms with E-state index in [1.54, 1.807) is 18.2 Å².